The third kappa shape index (κ3) is 6.08. The van der Waals surface area contributed by atoms with Crippen molar-refractivity contribution in [3.8, 4) is 0 Å². The molecule has 0 unspecified atom stereocenters. The number of hydrogen-bond donors (Lipinski definition) is 3. The molecule has 2 aliphatic rings. The summed E-state index contributed by atoms with van der Waals surface area (Å²) in [5, 5.41) is 25.8. The molecular weight excluding hydrogens is 579 g/mol. The number of methoxy groups -OCH3 is 1. The molecule has 1 aromatic heterocycles. The van der Waals surface area contributed by atoms with Crippen LogP contribution in [0.5, 0.6) is 0 Å². The number of likely N-dealkylation sites (N-methyl/N-ethyl adjacent to an activating group) is 1. The molecule has 43 heavy (non-hydrogen) atoms. The molecule has 0 atom stereocenters. The molecule has 4 rings (SSSR count). The quantitative estimate of drug-likeness (QED) is 0.425. The normalized spacial score (nSPS) is 16.6. The van der Waals surface area contributed by atoms with Crippen molar-refractivity contribution < 1.29 is 47.3 Å². The smallest absolute Gasteiger partial charge is 0.465 e. The summed E-state index contributed by atoms with van der Waals surface area (Å²) in [6.07, 6.45) is -8.13. The first-order chi connectivity index (χ1) is 20.1. The molecule has 1 fully saturated rings. The van der Waals surface area contributed by atoms with Crippen molar-refractivity contribution in [2.45, 2.75) is 32.1 Å². The molecule has 0 bridgehead atoms. The minimum atomic E-state index is -5.27. The number of carbonyl (C=O) groups is 4. The highest BCUT2D eigenvalue weighted by Crippen LogP contribution is 2.42. The Morgan fingerprint density at radius 1 is 1.09 bits per heavy atom. The van der Waals surface area contributed by atoms with Crippen LogP contribution in [0, 0.1) is 0 Å². The van der Waals surface area contributed by atoms with Crippen LogP contribution in [0.3, 0.4) is 0 Å². The maximum atomic E-state index is 13.7. The fraction of sp³-hybridized carbons (Fsp3) is 0.500. The molecule has 14 nitrogen and oxygen atoms in total. The fourth-order valence-corrected chi connectivity index (χ4v) is 5.30. The molecule has 1 saturated heterocycles. The third-order valence-corrected chi connectivity index (χ3v) is 7.59. The lowest BCUT2D eigenvalue weighted by Gasteiger charge is -2.35. The Kier molecular flexibility index (Phi) is 8.60. The van der Waals surface area contributed by atoms with E-state index in [1.54, 1.807) is 6.07 Å². The van der Waals surface area contributed by atoms with Crippen LogP contribution in [0.4, 0.5) is 40.0 Å². The number of amides is 3. The topological polar surface area (TPSA) is 161 Å². The van der Waals surface area contributed by atoms with Crippen LogP contribution < -0.4 is 15.1 Å². The zero-order valence-electron chi connectivity index (χ0n) is 23.9. The van der Waals surface area contributed by atoms with Crippen molar-refractivity contribution in [2.24, 2.45) is 0 Å². The van der Waals surface area contributed by atoms with Gasteiger partial charge in [-0.1, -0.05) is 0 Å². The minimum absolute atomic E-state index is 0.0114. The number of ether oxygens (including phenoxy) is 1. The van der Waals surface area contributed by atoms with Crippen molar-refractivity contribution in [1.82, 2.24) is 19.6 Å². The van der Waals surface area contributed by atoms with Crippen molar-refractivity contribution in [1.29, 1.82) is 0 Å². The molecule has 1 aromatic carbocycles. The predicted octanol–water partition coefficient (Wildman–Crippen LogP) is 2.68. The van der Waals surface area contributed by atoms with Crippen molar-refractivity contribution in [3.63, 3.8) is 0 Å². The molecular formula is C26H32F3N7O7. The summed E-state index contributed by atoms with van der Waals surface area (Å²) in [6, 6.07) is 4.16. The van der Waals surface area contributed by atoms with Gasteiger partial charge in [-0.2, -0.15) is 17.9 Å². The van der Waals surface area contributed by atoms with Crippen LogP contribution in [0.15, 0.2) is 18.2 Å². The van der Waals surface area contributed by atoms with E-state index >= 15 is 0 Å². The van der Waals surface area contributed by atoms with Crippen molar-refractivity contribution >= 4 is 41.2 Å². The van der Waals surface area contributed by atoms with Gasteiger partial charge in [0.1, 0.15) is 0 Å². The Balaban J connectivity index is 1.79. The van der Waals surface area contributed by atoms with Gasteiger partial charge in [-0.3, -0.25) is 14.5 Å². The number of rotatable bonds is 7. The number of nitrogens with zero attached hydrogens (tertiary/aromatic N) is 6. The standard InChI is InChI=1S/C26H32F3N7O7/c1-25(2)19-17(14-35(25)23(39)40)20(31-36(19)24(41)42)30-21(37)16-6-5-15(33-9-7-32(3)8-10-33)13-18(16)34(11-12-43-4)22(38)26(27,28)29/h5-6,13H,7-12,14H2,1-4H3,(H,39,40)(H,41,42)(H,30,31,37). The van der Waals surface area contributed by atoms with Gasteiger partial charge in [0, 0.05) is 51.1 Å². The van der Waals surface area contributed by atoms with Crippen LogP contribution in [0.2, 0.25) is 0 Å². The van der Waals surface area contributed by atoms with E-state index in [2.05, 4.69) is 15.3 Å². The van der Waals surface area contributed by atoms with Gasteiger partial charge in [0.15, 0.2) is 5.82 Å². The third-order valence-electron chi connectivity index (χ3n) is 7.59. The molecule has 0 aliphatic carbocycles. The number of halogens is 3. The number of carbonyl (C=O) groups excluding carboxylic acids is 2. The molecule has 2 aromatic rings. The summed E-state index contributed by atoms with van der Waals surface area (Å²) in [7, 11) is 3.19. The number of piperazine rings is 1. The molecule has 0 spiro atoms. The summed E-state index contributed by atoms with van der Waals surface area (Å²) >= 11 is 0. The van der Waals surface area contributed by atoms with Crippen LogP contribution in [0.1, 0.15) is 35.5 Å². The average Bonchev–Trinajstić information content (AvgIpc) is 3.43. The van der Waals surface area contributed by atoms with E-state index in [4.69, 9.17) is 4.74 Å². The Hall–Kier alpha value is -4.38. The molecule has 234 valence electrons. The monoisotopic (exact) mass is 611 g/mol. The van der Waals surface area contributed by atoms with Crippen LogP contribution >= 0.6 is 0 Å². The van der Waals surface area contributed by atoms with Crippen LogP contribution in [-0.4, -0.2) is 113 Å². The highest BCUT2D eigenvalue weighted by molar-refractivity contribution is 6.11. The lowest BCUT2D eigenvalue weighted by atomic mass is 10.0. The van der Waals surface area contributed by atoms with Gasteiger partial charge in [0.05, 0.1) is 35.6 Å². The summed E-state index contributed by atoms with van der Waals surface area (Å²) in [5.41, 5.74) is -1.38. The Morgan fingerprint density at radius 3 is 2.30 bits per heavy atom. The first kappa shape index (κ1) is 31.6. The SMILES string of the molecule is COCCN(C(=O)C(F)(F)F)c1cc(N2CCN(C)CC2)ccc1C(=O)Nc1nn(C(=O)O)c2c1CN(C(=O)O)C2(C)C. The number of alkyl halides is 3. The number of fused-ring (bicyclic) bond motifs is 1. The highest BCUT2D eigenvalue weighted by atomic mass is 19.4. The second-order valence-electron chi connectivity index (χ2n) is 10.7. The van der Waals surface area contributed by atoms with Crippen LogP contribution in [-0.2, 0) is 21.6 Å². The van der Waals surface area contributed by atoms with Crippen LogP contribution in [0.25, 0.3) is 0 Å². The maximum absolute atomic E-state index is 13.7. The Labute approximate surface area is 244 Å². The highest BCUT2D eigenvalue weighted by Gasteiger charge is 2.47. The Bertz CT molecular complexity index is 1430. The summed E-state index contributed by atoms with van der Waals surface area (Å²) in [6.45, 7) is 4.35. The van der Waals surface area contributed by atoms with Gasteiger partial charge in [-0.15, -0.1) is 5.10 Å². The number of benzene rings is 1. The molecule has 0 radical (unpaired) electrons. The first-order valence-corrected chi connectivity index (χ1v) is 13.2. The predicted molar refractivity (Wildman–Crippen MR) is 147 cm³/mol. The van der Waals surface area contributed by atoms with Gasteiger partial charge in [-0.25, -0.2) is 9.59 Å². The van der Waals surface area contributed by atoms with E-state index in [0.29, 0.717) is 41.4 Å². The Morgan fingerprint density at radius 2 is 1.74 bits per heavy atom. The first-order valence-electron chi connectivity index (χ1n) is 13.2. The molecule has 3 N–H and O–H groups in total. The number of anilines is 3. The average molecular weight is 612 g/mol. The van der Waals surface area contributed by atoms with E-state index in [1.165, 1.54) is 33.1 Å². The van der Waals surface area contributed by atoms with E-state index in [-0.39, 0.29) is 41.5 Å². The second-order valence-corrected chi connectivity index (χ2v) is 10.7. The fourth-order valence-electron chi connectivity index (χ4n) is 5.30. The zero-order valence-corrected chi connectivity index (χ0v) is 23.9. The van der Waals surface area contributed by atoms with Crippen molar-refractivity contribution in [3.05, 3.63) is 35.0 Å². The van der Waals surface area contributed by atoms with E-state index in [1.807, 2.05) is 11.9 Å². The van der Waals surface area contributed by atoms with Gasteiger partial charge >= 0.3 is 24.3 Å². The molecule has 3 amide bonds. The van der Waals surface area contributed by atoms with Crippen molar-refractivity contribution in [2.75, 3.05) is 68.6 Å². The molecule has 0 saturated carbocycles. The summed E-state index contributed by atoms with van der Waals surface area (Å²) < 4.78 is 46.7. The summed E-state index contributed by atoms with van der Waals surface area (Å²) in [4.78, 5) is 55.5. The number of nitrogens with one attached hydrogen (secondary N) is 1. The lowest BCUT2D eigenvalue weighted by molar-refractivity contribution is -0.170. The van der Waals surface area contributed by atoms with Gasteiger partial charge in [-0.05, 0) is 39.1 Å². The second kappa shape index (κ2) is 11.7. The van der Waals surface area contributed by atoms with Gasteiger partial charge < -0.3 is 35.0 Å². The van der Waals surface area contributed by atoms with E-state index in [0.717, 1.165) is 4.90 Å². The minimum Gasteiger partial charge on any atom is -0.465 e. The summed E-state index contributed by atoms with van der Waals surface area (Å²) in [5.74, 6) is -3.47. The molecule has 2 aliphatic heterocycles. The number of aromatic nitrogens is 2. The maximum Gasteiger partial charge on any atom is 0.471 e. The van der Waals surface area contributed by atoms with E-state index in [9.17, 15) is 42.6 Å². The lowest BCUT2D eigenvalue weighted by Crippen LogP contribution is -2.45. The molecule has 17 heteroatoms. The number of carboxylic acid groups (broad SMARTS) is 2. The largest absolute Gasteiger partial charge is 0.471 e. The number of hydrogen-bond acceptors (Lipinski definition) is 8. The van der Waals surface area contributed by atoms with E-state index < -0.39 is 42.3 Å². The zero-order chi connectivity index (χ0) is 31.9. The van der Waals surface area contributed by atoms with Gasteiger partial charge in [0.2, 0.25) is 0 Å². The van der Waals surface area contributed by atoms with Gasteiger partial charge in [0.25, 0.3) is 5.91 Å². The molecule has 3 heterocycles.